The summed E-state index contributed by atoms with van der Waals surface area (Å²) in [6, 6.07) is 7.64. The zero-order valence-electron chi connectivity index (χ0n) is 9.10. The molecule has 1 aromatic rings. The number of fused-ring (bicyclic) bond motifs is 1. The van der Waals surface area contributed by atoms with Crippen molar-refractivity contribution in [3.63, 3.8) is 0 Å². The Kier molecular flexibility index (Phi) is 4.78. The molecule has 84 valence electrons. The summed E-state index contributed by atoms with van der Waals surface area (Å²) in [4.78, 5) is 0. The maximum absolute atomic E-state index is 10.8. The largest absolute Gasteiger partial charge is 0.755 e. The monoisotopic (exact) mass is 226 g/mol. The maximum Gasteiger partial charge on any atom is 0.0514 e. The van der Waals surface area contributed by atoms with Crippen LogP contribution in [0.5, 0.6) is 0 Å². The van der Waals surface area contributed by atoms with Gasteiger partial charge in [-0.1, -0.05) is 32.0 Å². The molecule has 2 rings (SSSR count). The third-order valence-corrected chi connectivity index (χ3v) is 2.99. The fourth-order valence-electron chi connectivity index (χ4n) is 1.65. The van der Waals surface area contributed by atoms with Crippen molar-refractivity contribution in [2.24, 2.45) is 0 Å². The van der Waals surface area contributed by atoms with Gasteiger partial charge in [0.1, 0.15) is 0 Å². The van der Waals surface area contributed by atoms with E-state index in [9.17, 15) is 8.76 Å². The highest BCUT2D eigenvalue weighted by Gasteiger charge is 2.15. The third kappa shape index (κ3) is 2.79. The molecule has 1 aromatic carbocycles. The molecule has 0 radical (unpaired) electrons. The summed E-state index contributed by atoms with van der Waals surface area (Å²) in [5, 5.41) is 0. The van der Waals surface area contributed by atoms with Crippen LogP contribution in [0.2, 0.25) is 0 Å². The Hall–Kier alpha value is -0.870. The van der Waals surface area contributed by atoms with E-state index in [4.69, 9.17) is 0 Å². The van der Waals surface area contributed by atoms with Crippen molar-refractivity contribution in [3.8, 4) is 0 Å². The molecule has 0 amide bonds. The summed E-state index contributed by atoms with van der Waals surface area (Å²) in [6.07, 6.45) is 1.88. The second kappa shape index (κ2) is 5.88. The van der Waals surface area contributed by atoms with Gasteiger partial charge in [-0.25, -0.2) is 0 Å². The van der Waals surface area contributed by atoms with Crippen molar-refractivity contribution in [1.82, 2.24) is 0 Å². The average molecular weight is 226 g/mol. The normalized spacial score (nSPS) is 16.1. The summed E-state index contributed by atoms with van der Waals surface area (Å²) >= 11 is -2.13. The second-order valence-corrected chi connectivity index (χ2v) is 3.93. The van der Waals surface area contributed by atoms with E-state index < -0.39 is 11.3 Å². The Morgan fingerprint density at radius 3 is 2.67 bits per heavy atom. The molecule has 1 unspecified atom stereocenters. The molecule has 15 heavy (non-hydrogen) atoms. The second-order valence-electron chi connectivity index (χ2n) is 3.05. The summed E-state index contributed by atoms with van der Waals surface area (Å²) in [5.74, 6) is 0. The minimum Gasteiger partial charge on any atom is -0.755 e. The van der Waals surface area contributed by atoms with Crippen LogP contribution in [0.4, 0.5) is 5.69 Å². The van der Waals surface area contributed by atoms with Gasteiger partial charge in [0.2, 0.25) is 0 Å². The van der Waals surface area contributed by atoms with E-state index in [2.05, 4.69) is 0 Å². The zero-order valence-corrected chi connectivity index (χ0v) is 9.92. The molecular weight excluding hydrogens is 210 g/mol. The van der Waals surface area contributed by atoms with Gasteiger partial charge in [-0.2, -0.15) is 0 Å². The van der Waals surface area contributed by atoms with Crippen LogP contribution in [-0.4, -0.2) is 15.3 Å². The molecule has 0 aromatic heterocycles. The van der Waals surface area contributed by atoms with E-state index in [-0.39, 0.29) is 0 Å². The number of nitrogens with zero attached hydrogens (tertiary/aromatic N) is 1. The molecular formula is C11H16NO2S-. The van der Waals surface area contributed by atoms with E-state index in [0.29, 0.717) is 6.54 Å². The lowest BCUT2D eigenvalue weighted by molar-refractivity contribution is 0.529. The Morgan fingerprint density at radius 1 is 1.33 bits per heavy atom. The van der Waals surface area contributed by atoms with E-state index in [1.165, 1.54) is 4.31 Å². The van der Waals surface area contributed by atoms with Crippen molar-refractivity contribution in [2.75, 3.05) is 10.8 Å². The van der Waals surface area contributed by atoms with Crippen molar-refractivity contribution >= 4 is 17.0 Å². The molecule has 0 spiro atoms. The molecule has 0 fully saturated rings. The standard InChI is InChI=1S/C9H11NO2S.C2H6/c11-13(12)10-7-3-5-8-4-1-2-6-9(8)10;1-2/h1-2,4,6H,3,5,7H2,(H,11,12);1-2H3/p-1. The van der Waals surface area contributed by atoms with Gasteiger partial charge in [-0.15, -0.1) is 0 Å². The van der Waals surface area contributed by atoms with Crippen molar-refractivity contribution in [3.05, 3.63) is 29.8 Å². The van der Waals surface area contributed by atoms with Crippen LogP contribution in [-0.2, 0) is 17.7 Å². The molecule has 0 saturated carbocycles. The van der Waals surface area contributed by atoms with Crippen LogP contribution in [0.1, 0.15) is 25.8 Å². The predicted molar refractivity (Wildman–Crippen MR) is 62.4 cm³/mol. The molecule has 0 N–H and O–H groups in total. The van der Waals surface area contributed by atoms with Gasteiger partial charge in [0.05, 0.1) is 5.69 Å². The first kappa shape index (κ1) is 12.2. The van der Waals surface area contributed by atoms with Gasteiger partial charge in [0.25, 0.3) is 0 Å². The van der Waals surface area contributed by atoms with Gasteiger partial charge in [-0.3, -0.25) is 4.21 Å². The van der Waals surface area contributed by atoms with Crippen LogP contribution >= 0.6 is 0 Å². The third-order valence-electron chi connectivity index (χ3n) is 2.25. The Balaban J connectivity index is 0.000000531. The van der Waals surface area contributed by atoms with E-state index >= 15 is 0 Å². The van der Waals surface area contributed by atoms with E-state index in [1.54, 1.807) is 0 Å². The highest BCUT2D eigenvalue weighted by atomic mass is 32.2. The number of rotatable bonds is 1. The molecule has 1 aliphatic heterocycles. The van der Waals surface area contributed by atoms with Gasteiger partial charge < -0.3 is 8.86 Å². The van der Waals surface area contributed by atoms with Gasteiger partial charge in [0.15, 0.2) is 0 Å². The molecule has 4 heteroatoms. The molecule has 1 heterocycles. The fourth-order valence-corrected chi connectivity index (χ4v) is 2.27. The lowest BCUT2D eigenvalue weighted by Crippen LogP contribution is -2.30. The first-order valence-corrected chi connectivity index (χ1v) is 6.27. The Morgan fingerprint density at radius 2 is 2.00 bits per heavy atom. The van der Waals surface area contributed by atoms with Crippen LogP contribution < -0.4 is 4.31 Å². The zero-order chi connectivity index (χ0) is 11.3. The first-order valence-electron chi connectivity index (χ1n) is 5.24. The molecule has 0 bridgehead atoms. The van der Waals surface area contributed by atoms with Crippen LogP contribution in [0, 0.1) is 0 Å². The number of aryl methyl sites for hydroxylation is 1. The molecule has 1 aliphatic rings. The molecule has 0 aliphatic carbocycles. The minimum atomic E-state index is -2.13. The number of benzene rings is 1. The number of anilines is 1. The van der Waals surface area contributed by atoms with Gasteiger partial charge in [0, 0.05) is 17.8 Å². The predicted octanol–water partition coefficient (Wildman–Crippen LogP) is 2.26. The van der Waals surface area contributed by atoms with Crippen molar-refractivity contribution in [2.45, 2.75) is 26.7 Å². The topological polar surface area (TPSA) is 43.4 Å². The summed E-state index contributed by atoms with van der Waals surface area (Å²) in [6.45, 7) is 4.60. The smallest absolute Gasteiger partial charge is 0.0514 e. The molecule has 1 atom stereocenters. The van der Waals surface area contributed by atoms with Crippen LogP contribution in [0.3, 0.4) is 0 Å². The lowest BCUT2D eigenvalue weighted by Gasteiger charge is -2.31. The fraction of sp³-hybridized carbons (Fsp3) is 0.455. The Labute approximate surface area is 93.5 Å². The lowest BCUT2D eigenvalue weighted by atomic mass is 10.0. The van der Waals surface area contributed by atoms with Crippen LogP contribution in [0.25, 0.3) is 0 Å². The van der Waals surface area contributed by atoms with Gasteiger partial charge in [-0.05, 0) is 24.5 Å². The SMILES string of the molecule is CC.O=S([O-])N1CCCc2ccccc21. The number of para-hydroxylation sites is 1. The van der Waals surface area contributed by atoms with Crippen molar-refractivity contribution < 1.29 is 8.76 Å². The Bertz CT molecular complexity index is 341. The number of hydrogen-bond donors (Lipinski definition) is 0. The van der Waals surface area contributed by atoms with Crippen LogP contribution in [0.15, 0.2) is 24.3 Å². The van der Waals surface area contributed by atoms with E-state index in [1.807, 2.05) is 38.1 Å². The number of hydrogen-bond acceptors (Lipinski definition) is 2. The summed E-state index contributed by atoms with van der Waals surface area (Å²) in [5.41, 5.74) is 1.96. The summed E-state index contributed by atoms with van der Waals surface area (Å²) < 4.78 is 23.1. The highest BCUT2D eigenvalue weighted by Crippen LogP contribution is 2.26. The minimum absolute atomic E-state index is 0.604. The van der Waals surface area contributed by atoms with E-state index in [0.717, 1.165) is 24.1 Å². The van der Waals surface area contributed by atoms with Gasteiger partial charge >= 0.3 is 0 Å². The summed E-state index contributed by atoms with van der Waals surface area (Å²) in [7, 11) is 0. The van der Waals surface area contributed by atoms with Crippen molar-refractivity contribution in [1.29, 1.82) is 0 Å². The molecule has 0 saturated heterocycles. The first-order chi connectivity index (χ1) is 7.29. The maximum atomic E-state index is 10.8. The molecule has 3 nitrogen and oxygen atoms in total. The highest BCUT2D eigenvalue weighted by molar-refractivity contribution is 7.80. The quantitative estimate of drug-likeness (QED) is 0.689. The average Bonchev–Trinajstić information content (AvgIpc) is 2.31.